The first-order valence-electron chi connectivity index (χ1n) is 8.17. The molecule has 8 nitrogen and oxygen atoms in total. The van der Waals surface area contributed by atoms with Crippen molar-refractivity contribution < 1.29 is 14.3 Å². The van der Waals surface area contributed by atoms with Crippen LogP contribution in [0.15, 0.2) is 35.3 Å². The SMILES string of the molecule is CCNC(=O)Cn1nc(-c2ccc(OCC3COC3)nc2)ccc1=O. The van der Waals surface area contributed by atoms with Gasteiger partial charge in [-0.2, -0.15) is 5.10 Å². The van der Waals surface area contributed by atoms with Crippen LogP contribution in [0, 0.1) is 5.92 Å². The van der Waals surface area contributed by atoms with Gasteiger partial charge < -0.3 is 14.8 Å². The molecule has 0 aliphatic carbocycles. The average Bonchev–Trinajstić information content (AvgIpc) is 2.56. The quantitative estimate of drug-likeness (QED) is 0.784. The van der Waals surface area contributed by atoms with Gasteiger partial charge in [-0.3, -0.25) is 9.59 Å². The molecule has 1 saturated heterocycles. The minimum Gasteiger partial charge on any atom is -0.477 e. The normalized spacial score (nSPS) is 14.0. The first-order chi connectivity index (χ1) is 12.2. The molecule has 1 aliphatic rings. The van der Waals surface area contributed by atoms with Crippen LogP contribution in [0.5, 0.6) is 5.88 Å². The zero-order valence-corrected chi connectivity index (χ0v) is 14.0. The molecule has 0 spiro atoms. The summed E-state index contributed by atoms with van der Waals surface area (Å²) in [6.45, 7) is 4.26. The van der Waals surface area contributed by atoms with Crippen molar-refractivity contribution in [1.29, 1.82) is 0 Å². The van der Waals surface area contributed by atoms with Gasteiger partial charge in [0.05, 0.1) is 25.5 Å². The molecule has 1 N–H and O–H groups in total. The van der Waals surface area contributed by atoms with Crippen molar-refractivity contribution in [2.45, 2.75) is 13.5 Å². The van der Waals surface area contributed by atoms with Crippen molar-refractivity contribution in [3.8, 4) is 17.1 Å². The molecule has 0 aromatic carbocycles. The Morgan fingerprint density at radius 3 is 2.84 bits per heavy atom. The van der Waals surface area contributed by atoms with E-state index in [4.69, 9.17) is 9.47 Å². The topological polar surface area (TPSA) is 95.3 Å². The van der Waals surface area contributed by atoms with Gasteiger partial charge in [-0.15, -0.1) is 0 Å². The Labute approximate surface area is 144 Å². The number of aromatic nitrogens is 3. The third kappa shape index (κ3) is 4.42. The molecular weight excluding hydrogens is 324 g/mol. The summed E-state index contributed by atoms with van der Waals surface area (Å²) in [5, 5.41) is 6.88. The molecule has 132 valence electrons. The van der Waals surface area contributed by atoms with Crippen LogP contribution < -0.4 is 15.6 Å². The summed E-state index contributed by atoms with van der Waals surface area (Å²) in [7, 11) is 0. The van der Waals surface area contributed by atoms with E-state index in [1.807, 2.05) is 13.0 Å². The van der Waals surface area contributed by atoms with Gasteiger partial charge in [-0.05, 0) is 19.1 Å². The van der Waals surface area contributed by atoms with Gasteiger partial charge in [0.1, 0.15) is 6.54 Å². The fourth-order valence-corrected chi connectivity index (χ4v) is 2.31. The number of nitrogens with zero attached hydrogens (tertiary/aromatic N) is 3. The lowest BCUT2D eigenvalue weighted by molar-refractivity contribution is -0.121. The summed E-state index contributed by atoms with van der Waals surface area (Å²) in [5.74, 6) is 0.711. The third-order valence-electron chi connectivity index (χ3n) is 3.74. The second kappa shape index (κ2) is 7.89. The first-order valence-corrected chi connectivity index (χ1v) is 8.17. The van der Waals surface area contributed by atoms with E-state index in [1.54, 1.807) is 18.3 Å². The summed E-state index contributed by atoms with van der Waals surface area (Å²) in [6.07, 6.45) is 1.63. The molecule has 0 saturated carbocycles. The van der Waals surface area contributed by atoms with Crippen LogP contribution in [0.2, 0.25) is 0 Å². The van der Waals surface area contributed by atoms with E-state index in [1.165, 1.54) is 6.07 Å². The number of carbonyl (C=O) groups excluding carboxylic acids is 1. The molecule has 0 radical (unpaired) electrons. The average molecular weight is 344 g/mol. The maximum absolute atomic E-state index is 11.9. The zero-order valence-electron chi connectivity index (χ0n) is 14.0. The van der Waals surface area contributed by atoms with Crippen molar-refractivity contribution >= 4 is 5.91 Å². The Bertz CT molecular complexity index is 784. The Hall–Kier alpha value is -2.74. The molecule has 8 heteroatoms. The summed E-state index contributed by atoms with van der Waals surface area (Å²) in [6, 6.07) is 6.58. The van der Waals surface area contributed by atoms with Crippen LogP contribution in [-0.2, 0) is 16.1 Å². The largest absolute Gasteiger partial charge is 0.477 e. The second-order valence-electron chi connectivity index (χ2n) is 5.77. The van der Waals surface area contributed by atoms with Crippen LogP contribution in [0.25, 0.3) is 11.3 Å². The Morgan fingerprint density at radius 1 is 1.36 bits per heavy atom. The highest BCUT2D eigenvalue weighted by Gasteiger charge is 2.19. The van der Waals surface area contributed by atoms with Crippen molar-refractivity contribution in [3.63, 3.8) is 0 Å². The lowest BCUT2D eigenvalue weighted by atomic mass is 10.1. The van der Waals surface area contributed by atoms with Gasteiger partial charge in [0, 0.05) is 36.4 Å². The maximum atomic E-state index is 11.9. The molecule has 3 rings (SSSR count). The Morgan fingerprint density at radius 2 is 2.20 bits per heavy atom. The predicted molar refractivity (Wildman–Crippen MR) is 90.2 cm³/mol. The first kappa shape index (κ1) is 17.1. The molecule has 1 amide bonds. The lowest BCUT2D eigenvalue weighted by Gasteiger charge is -2.25. The van der Waals surface area contributed by atoms with E-state index in [0.29, 0.717) is 30.6 Å². The molecule has 1 aliphatic heterocycles. The maximum Gasteiger partial charge on any atom is 0.267 e. The van der Waals surface area contributed by atoms with E-state index >= 15 is 0 Å². The second-order valence-corrected chi connectivity index (χ2v) is 5.77. The van der Waals surface area contributed by atoms with Gasteiger partial charge in [-0.1, -0.05) is 0 Å². The third-order valence-corrected chi connectivity index (χ3v) is 3.74. The summed E-state index contributed by atoms with van der Waals surface area (Å²) >= 11 is 0. The highest BCUT2D eigenvalue weighted by molar-refractivity contribution is 5.75. The van der Waals surface area contributed by atoms with Crippen LogP contribution in [0.3, 0.4) is 0 Å². The van der Waals surface area contributed by atoms with E-state index in [9.17, 15) is 9.59 Å². The fourth-order valence-electron chi connectivity index (χ4n) is 2.31. The minimum atomic E-state index is -0.328. The number of amides is 1. The van der Waals surface area contributed by atoms with Crippen LogP contribution in [0.4, 0.5) is 0 Å². The van der Waals surface area contributed by atoms with E-state index < -0.39 is 0 Å². The molecule has 3 heterocycles. The number of carbonyl (C=O) groups is 1. The standard InChI is InChI=1S/C17H20N4O4/c1-2-18-15(22)8-21-17(23)6-4-14(20-21)13-3-5-16(19-7-13)25-11-12-9-24-10-12/h3-7,12H,2,8-11H2,1H3,(H,18,22). The Balaban J connectivity index is 1.70. The van der Waals surface area contributed by atoms with Gasteiger partial charge in [-0.25, -0.2) is 9.67 Å². The van der Waals surface area contributed by atoms with Gasteiger partial charge in [0.2, 0.25) is 11.8 Å². The summed E-state index contributed by atoms with van der Waals surface area (Å²) < 4.78 is 11.8. The molecule has 0 unspecified atom stereocenters. The zero-order chi connectivity index (χ0) is 17.6. The van der Waals surface area contributed by atoms with E-state index in [-0.39, 0.29) is 18.0 Å². The number of hydrogen-bond acceptors (Lipinski definition) is 6. The molecule has 0 bridgehead atoms. The molecule has 2 aromatic heterocycles. The number of likely N-dealkylation sites (N-methyl/N-ethyl adjacent to an activating group) is 1. The minimum absolute atomic E-state index is 0.113. The fraction of sp³-hybridized carbons (Fsp3) is 0.412. The lowest BCUT2D eigenvalue weighted by Crippen LogP contribution is -2.33. The number of hydrogen-bond donors (Lipinski definition) is 1. The van der Waals surface area contributed by atoms with Crippen molar-refractivity contribution in [2.24, 2.45) is 5.92 Å². The molecule has 2 aromatic rings. The number of nitrogens with one attached hydrogen (secondary N) is 1. The van der Waals surface area contributed by atoms with E-state index in [0.717, 1.165) is 23.5 Å². The smallest absolute Gasteiger partial charge is 0.267 e. The summed E-state index contributed by atoms with van der Waals surface area (Å²) in [5.41, 5.74) is 0.977. The van der Waals surface area contributed by atoms with Crippen LogP contribution >= 0.6 is 0 Å². The number of pyridine rings is 1. The van der Waals surface area contributed by atoms with Crippen molar-refractivity contribution in [3.05, 3.63) is 40.8 Å². The van der Waals surface area contributed by atoms with Crippen molar-refractivity contribution in [2.75, 3.05) is 26.4 Å². The molecule has 25 heavy (non-hydrogen) atoms. The molecular formula is C17H20N4O4. The number of rotatable bonds is 7. The Kier molecular flexibility index (Phi) is 5.39. The summed E-state index contributed by atoms with van der Waals surface area (Å²) in [4.78, 5) is 27.8. The van der Waals surface area contributed by atoms with E-state index in [2.05, 4.69) is 15.4 Å². The molecule has 1 fully saturated rings. The number of ether oxygens (including phenoxy) is 2. The van der Waals surface area contributed by atoms with Crippen LogP contribution in [-0.4, -0.2) is 47.0 Å². The van der Waals surface area contributed by atoms with Gasteiger partial charge in [0.15, 0.2) is 0 Å². The van der Waals surface area contributed by atoms with Crippen molar-refractivity contribution in [1.82, 2.24) is 20.1 Å². The highest BCUT2D eigenvalue weighted by atomic mass is 16.5. The monoisotopic (exact) mass is 344 g/mol. The molecule has 0 atom stereocenters. The van der Waals surface area contributed by atoms with Gasteiger partial charge in [0.25, 0.3) is 5.56 Å². The predicted octanol–water partition coefficient (Wildman–Crippen LogP) is 0.467. The van der Waals surface area contributed by atoms with Crippen LogP contribution in [0.1, 0.15) is 6.92 Å². The van der Waals surface area contributed by atoms with Gasteiger partial charge >= 0.3 is 0 Å². The highest BCUT2D eigenvalue weighted by Crippen LogP contribution is 2.18.